The van der Waals surface area contributed by atoms with Crippen LogP contribution in [0.1, 0.15) is 47.4 Å². The van der Waals surface area contributed by atoms with Gasteiger partial charge in [-0.2, -0.15) is 0 Å². The molecule has 2 amide bonds. The van der Waals surface area contributed by atoms with Crippen LogP contribution in [0.5, 0.6) is 5.75 Å². The van der Waals surface area contributed by atoms with E-state index in [1.807, 2.05) is 0 Å². The minimum Gasteiger partial charge on any atom is -0.490 e. The van der Waals surface area contributed by atoms with Gasteiger partial charge in [0.15, 0.2) is 11.6 Å². The first-order valence-electron chi connectivity index (χ1n) is 12.6. The topological polar surface area (TPSA) is 130 Å². The number of fused-ring (bicyclic) bond motifs is 1. The molecule has 4 atom stereocenters. The van der Waals surface area contributed by atoms with E-state index < -0.39 is 38.7 Å². The number of hydrogen-bond donors (Lipinski definition) is 1. The summed E-state index contributed by atoms with van der Waals surface area (Å²) in [5.41, 5.74) is -0.443. The van der Waals surface area contributed by atoms with Crippen molar-refractivity contribution in [2.45, 2.75) is 44.4 Å². The average molecular weight is 582 g/mol. The van der Waals surface area contributed by atoms with Crippen molar-refractivity contribution in [3.8, 4) is 5.75 Å². The van der Waals surface area contributed by atoms with E-state index in [9.17, 15) is 23.1 Å². The number of hydrogen-bond acceptors (Lipinski definition) is 10. The Balaban J connectivity index is 1.20. The summed E-state index contributed by atoms with van der Waals surface area (Å²) in [5, 5.41) is 2.86. The first kappa shape index (κ1) is 28.0. The Labute approximate surface area is 225 Å². The number of benzene rings is 2. The molecule has 1 N–H and O–H groups in total. The van der Waals surface area contributed by atoms with Crippen LogP contribution in [0.2, 0.25) is 0 Å². The van der Waals surface area contributed by atoms with Gasteiger partial charge in [-0.05, 0) is 51.0 Å². The number of carbonyl (C=O) groups is 2. The number of carbonyl (C=O) groups excluding carboxylic acids is 2. The summed E-state index contributed by atoms with van der Waals surface area (Å²) in [7, 11) is -7.92. The number of amides is 2. The van der Waals surface area contributed by atoms with E-state index in [0.717, 1.165) is 6.07 Å². The molecule has 210 valence electrons. The van der Waals surface area contributed by atoms with E-state index in [1.165, 1.54) is 17.0 Å². The summed E-state index contributed by atoms with van der Waals surface area (Å²) in [4.78, 5) is 26.1. The number of rotatable bonds is 10. The normalized spacial score (nSPS) is 29.1. The van der Waals surface area contributed by atoms with E-state index in [1.54, 1.807) is 38.1 Å². The smallest absolute Gasteiger partial charge is 0.365 e. The van der Waals surface area contributed by atoms with Crippen molar-refractivity contribution in [3.63, 3.8) is 0 Å². The van der Waals surface area contributed by atoms with Crippen LogP contribution < -0.4 is 10.1 Å². The molecule has 39 heavy (non-hydrogen) atoms. The summed E-state index contributed by atoms with van der Waals surface area (Å²) in [6, 6.07) is 10.5. The predicted molar refractivity (Wildman–Crippen MR) is 139 cm³/mol. The van der Waals surface area contributed by atoms with Crippen molar-refractivity contribution in [1.82, 2.24) is 4.90 Å². The van der Waals surface area contributed by atoms with Crippen LogP contribution in [0.4, 0.5) is 10.1 Å². The summed E-state index contributed by atoms with van der Waals surface area (Å²) in [6.45, 7) is 3.75. The van der Waals surface area contributed by atoms with Gasteiger partial charge >= 0.3 is 15.2 Å². The lowest BCUT2D eigenvalue weighted by molar-refractivity contribution is 0.0649. The lowest BCUT2D eigenvalue weighted by Crippen LogP contribution is -2.30. The molecule has 3 aliphatic rings. The second-order valence-corrected chi connectivity index (χ2v) is 14.1. The molecule has 2 saturated heterocycles. The predicted octanol–water partition coefficient (Wildman–Crippen LogP) is 5.23. The molecule has 5 rings (SSSR count). The van der Waals surface area contributed by atoms with Crippen LogP contribution in [0.15, 0.2) is 42.5 Å². The van der Waals surface area contributed by atoms with Crippen molar-refractivity contribution in [1.29, 1.82) is 0 Å². The van der Waals surface area contributed by atoms with Crippen molar-refractivity contribution in [2.24, 2.45) is 0 Å². The summed E-state index contributed by atoms with van der Waals surface area (Å²) in [5.74, 6) is -1.40. The lowest BCUT2D eigenvalue weighted by atomic mass is 10.1. The molecule has 0 saturated carbocycles. The molecule has 3 heterocycles. The number of ether oxygens (including phenoxy) is 1. The van der Waals surface area contributed by atoms with Gasteiger partial charge in [0.2, 0.25) is 5.52 Å². The molecule has 3 aliphatic heterocycles. The lowest BCUT2D eigenvalue weighted by Gasteiger charge is -2.27. The Bertz CT molecular complexity index is 1300. The highest BCUT2D eigenvalue weighted by Gasteiger charge is 2.57. The van der Waals surface area contributed by atoms with Gasteiger partial charge in [0, 0.05) is 18.3 Å². The monoisotopic (exact) mass is 582 g/mol. The van der Waals surface area contributed by atoms with Crippen LogP contribution in [-0.2, 0) is 27.2 Å². The zero-order valence-electron chi connectivity index (χ0n) is 21.4. The Morgan fingerprint density at radius 2 is 1.56 bits per heavy atom. The van der Waals surface area contributed by atoms with E-state index >= 15 is 0 Å². The van der Waals surface area contributed by atoms with Gasteiger partial charge in [-0.1, -0.05) is 12.1 Å². The third-order valence-corrected chi connectivity index (χ3v) is 11.8. The van der Waals surface area contributed by atoms with Crippen LogP contribution >= 0.6 is 15.2 Å². The minimum atomic E-state index is -3.96. The second-order valence-electron chi connectivity index (χ2n) is 9.53. The third-order valence-electron chi connectivity index (χ3n) is 6.37. The molecule has 14 heteroatoms. The zero-order chi connectivity index (χ0) is 27.8. The fraction of sp³-hybridized carbons (Fsp3) is 0.440. The third kappa shape index (κ3) is 5.68. The van der Waals surface area contributed by atoms with Gasteiger partial charge in [0.05, 0.1) is 43.2 Å². The molecule has 0 aromatic heterocycles. The Morgan fingerprint density at radius 3 is 2.10 bits per heavy atom. The van der Waals surface area contributed by atoms with E-state index in [4.69, 9.17) is 22.8 Å². The van der Waals surface area contributed by atoms with Crippen LogP contribution in [0.25, 0.3) is 0 Å². The fourth-order valence-corrected chi connectivity index (χ4v) is 9.80. The molecule has 0 aliphatic carbocycles. The van der Waals surface area contributed by atoms with Gasteiger partial charge in [-0.25, -0.2) is 4.39 Å². The van der Waals surface area contributed by atoms with Crippen molar-refractivity contribution in [3.05, 3.63) is 59.4 Å². The van der Waals surface area contributed by atoms with E-state index in [0.29, 0.717) is 24.0 Å². The van der Waals surface area contributed by atoms with Gasteiger partial charge in [-0.3, -0.25) is 23.6 Å². The molecule has 0 spiro atoms. The number of unbranched alkanes of at least 4 members (excludes halogenated alkanes) is 1. The van der Waals surface area contributed by atoms with Crippen molar-refractivity contribution < 1.29 is 45.9 Å². The SMILES string of the molecule is C[C@@H]1COP(=O)(C(Nc2ccc(F)c(OCCCCN3C(=O)c4ccccc4C3=O)c2)P2(=O)OC[C@@H](C)O2)O1. The Morgan fingerprint density at radius 1 is 0.974 bits per heavy atom. The summed E-state index contributed by atoms with van der Waals surface area (Å²) >= 11 is 0. The zero-order valence-corrected chi connectivity index (χ0v) is 23.2. The number of halogens is 1. The maximum atomic E-state index is 14.5. The molecule has 2 aromatic carbocycles. The highest BCUT2D eigenvalue weighted by molar-refractivity contribution is 7.73. The van der Waals surface area contributed by atoms with Crippen LogP contribution in [0.3, 0.4) is 0 Å². The fourth-order valence-electron chi connectivity index (χ4n) is 4.48. The van der Waals surface area contributed by atoms with E-state index in [2.05, 4.69) is 5.32 Å². The number of nitrogens with one attached hydrogen (secondary N) is 1. The average Bonchev–Trinajstić information content (AvgIpc) is 3.53. The maximum Gasteiger partial charge on any atom is 0.365 e. The molecule has 2 fully saturated rings. The minimum absolute atomic E-state index is 0.0451. The molecule has 11 nitrogen and oxygen atoms in total. The standard InChI is InChI=1S/C25H29FN2O9P2/c1-16-14-34-38(31,36-16)25(39(32)35-15-17(2)37-39)27-18-9-10-21(26)22(13-18)33-12-6-5-11-28-23(29)19-7-3-4-8-20(19)24(28)30/h3-4,7-10,13,16-17,25,27H,5-6,11-12,14-15H2,1-2H3/t16-,17-,25?,38?,39?/m1/s1. The highest BCUT2D eigenvalue weighted by Crippen LogP contribution is 2.73. The van der Waals surface area contributed by atoms with Gasteiger partial charge in [0.25, 0.3) is 11.8 Å². The second kappa shape index (κ2) is 11.1. The van der Waals surface area contributed by atoms with Gasteiger partial charge in [-0.15, -0.1) is 0 Å². The first-order valence-corrected chi connectivity index (χ1v) is 15.8. The number of imide groups is 1. The highest BCUT2D eigenvalue weighted by atomic mass is 31.2. The van der Waals surface area contributed by atoms with Crippen molar-refractivity contribution >= 4 is 32.7 Å². The van der Waals surface area contributed by atoms with Crippen molar-refractivity contribution in [2.75, 3.05) is 31.7 Å². The molecular formula is C25H29FN2O9P2. The Kier molecular flexibility index (Phi) is 7.97. The summed E-state index contributed by atoms with van der Waals surface area (Å²) in [6.07, 6.45) is -0.0751. The quantitative estimate of drug-likeness (QED) is 0.226. The van der Waals surface area contributed by atoms with Gasteiger partial charge < -0.3 is 28.1 Å². The van der Waals surface area contributed by atoms with Crippen LogP contribution in [-0.4, -0.2) is 60.8 Å². The number of anilines is 1. The van der Waals surface area contributed by atoms with Gasteiger partial charge in [0.1, 0.15) is 0 Å². The van der Waals surface area contributed by atoms with E-state index in [-0.39, 0.29) is 49.6 Å². The maximum absolute atomic E-state index is 14.5. The first-order chi connectivity index (χ1) is 18.6. The number of nitrogens with zero attached hydrogens (tertiary/aromatic N) is 1. The van der Waals surface area contributed by atoms with Crippen LogP contribution in [0, 0.1) is 5.82 Å². The summed E-state index contributed by atoms with van der Waals surface area (Å²) < 4.78 is 68.8. The molecule has 0 radical (unpaired) electrons. The Hall–Kier alpha value is -2.59. The molecule has 2 unspecified atom stereocenters. The largest absolute Gasteiger partial charge is 0.490 e. The molecular weight excluding hydrogens is 553 g/mol. The molecule has 0 bridgehead atoms. The molecule has 2 aromatic rings.